The molecule has 1 aromatic carbocycles. The zero-order valence-corrected chi connectivity index (χ0v) is 20.5. The van der Waals surface area contributed by atoms with Crippen molar-refractivity contribution in [2.45, 2.75) is 47.5 Å². The summed E-state index contributed by atoms with van der Waals surface area (Å²) in [6.45, 7) is 10.3. The number of aromatic nitrogens is 4. The molecule has 0 aliphatic rings. The molecule has 5 heteroatoms. The van der Waals surface area contributed by atoms with Crippen molar-refractivity contribution in [1.82, 2.24) is 20.2 Å². The molecular formula is C29H31N5. The zero-order chi connectivity index (χ0) is 24.2. The van der Waals surface area contributed by atoms with Crippen LogP contribution in [0.15, 0.2) is 66.2 Å². The third kappa shape index (κ3) is 4.46. The molecule has 0 aliphatic heterocycles. The number of benzene rings is 1. The van der Waals surface area contributed by atoms with E-state index < -0.39 is 0 Å². The number of aryl methyl sites for hydroxylation is 1. The minimum absolute atomic E-state index is 0.644. The molecule has 0 fully saturated rings. The summed E-state index contributed by atoms with van der Waals surface area (Å²) >= 11 is 0. The maximum Gasteiger partial charge on any atom is 0.114 e. The first-order chi connectivity index (χ1) is 16.4. The van der Waals surface area contributed by atoms with Crippen molar-refractivity contribution in [3.8, 4) is 33.9 Å². The highest BCUT2D eigenvalue weighted by atomic mass is 15.1. The number of nitrogens with one attached hydrogen (secondary N) is 2. The lowest BCUT2D eigenvalue weighted by molar-refractivity contribution is 0.969. The summed E-state index contributed by atoms with van der Waals surface area (Å²) < 4.78 is 0. The van der Waals surface area contributed by atoms with Crippen LogP contribution in [0.4, 0.5) is 0 Å². The maximum atomic E-state index is 8.21. The number of pyridine rings is 2. The molecule has 0 spiro atoms. The van der Waals surface area contributed by atoms with Crippen LogP contribution in [0.25, 0.3) is 39.5 Å². The average Bonchev–Trinajstić information content (AvgIpc) is 3.27. The Balaban J connectivity index is 1.79. The maximum absolute atomic E-state index is 8.21. The van der Waals surface area contributed by atoms with Crippen molar-refractivity contribution in [1.29, 1.82) is 5.41 Å². The molecule has 0 unspecified atom stereocenters. The van der Waals surface area contributed by atoms with E-state index in [9.17, 15) is 0 Å². The Bertz CT molecular complexity index is 1380. The lowest BCUT2D eigenvalue weighted by atomic mass is 9.98. The van der Waals surface area contributed by atoms with Crippen molar-refractivity contribution in [2.75, 3.05) is 0 Å². The minimum atomic E-state index is 0.644. The molecule has 3 aromatic heterocycles. The Hall–Kier alpha value is -3.86. The van der Waals surface area contributed by atoms with Crippen LogP contribution in [-0.2, 0) is 6.42 Å². The van der Waals surface area contributed by atoms with Crippen molar-refractivity contribution in [3.63, 3.8) is 0 Å². The first kappa shape index (κ1) is 23.3. The summed E-state index contributed by atoms with van der Waals surface area (Å²) in [6.07, 6.45) is 1.62. The Morgan fingerprint density at radius 3 is 2.06 bits per heavy atom. The molecule has 0 atom stereocenters. The monoisotopic (exact) mass is 449 g/mol. The molecule has 0 bridgehead atoms. The molecule has 0 amide bonds. The van der Waals surface area contributed by atoms with Gasteiger partial charge >= 0.3 is 0 Å². The summed E-state index contributed by atoms with van der Waals surface area (Å²) in [5.41, 5.74) is 11.4. The highest BCUT2D eigenvalue weighted by Crippen LogP contribution is 2.32. The predicted octanol–water partition coefficient (Wildman–Crippen LogP) is 7.29. The van der Waals surface area contributed by atoms with Gasteiger partial charge in [-0.1, -0.05) is 50.2 Å². The fraction of sp³-hybridized carbons (Fsp3) is 0.241. The largest absolute Gasteiger partial charge is 0.305 e. The van der Waals surface area contributed by atoms with Crippen molar-refractivity contribution < 1.29 is 0 Å². The lowest BCUT2D eigenvalue weighted by Gasteiger charge is -2.12. The summed E-state index contributed by atoms with van der Waals surface area (Å²) in [5, 5.41) is 15.9. The summed E-state index contributed by atoms with van der Waals surface area (Å²) in [5.74, 6) is 0. The van der Waals surface area contributed by atoms with Gasteiger partial charge in [0.2, 0.25) is 0 Å². The predicted molar refractivity (Wildman–Crippen MR) is 141 cm³/mol. The molecular weight excluding hydrogens is 418 g/mol. The van der Waals surface area contributed by atoms with E-state index in [0.29, 0.717) is 12.1 Å². The highest BCUT2D eigenvalue weighted by Gasteiger charge is 2.15. The van der Waals surface area contributed by atoms with Crippen LogP contribution in [0.1, 0.15) is 51.1 Å². The third-order valence-electron chi connectivity index (χ3n) is 6.44. The lowest BCUT2D eigenvalue weighted by Crippen LogP contribution is -2.00. The van der Waals surface area contributed by atoms with Gasteiger partial charge < -0.3 is 5.41 Å². The van der Waals surface area contributed by atoms with E-state index in [1.807, 2.05) is 69.3 Å². The standard InChI is InChI=1S/C29H31N5/c1-6-23(30)18(3)19(4)25-14-10-15-26(31-25)21-12-8-9-13-22(21)27-16-11-17-28(32-27)29-20(5)24(7-2)33-34-29/h8-17,30H,6-7H2,1-5H3,(H,33,34)/b19-18+,30-23?. The van der Waals surface area contributed by atoms with E-state index >= 15 is 0 Å². The number of aromatic amines is 1. The van der Waals surface area contributed by atoms with E-state index in [2.05, 4.69) is 36.2 Å². The zero-order valence-electron chi connectivity index (χ0n) is 20.5. The minimum Gasteiger partial charge on any atom is -0.305 e. The van der Waals surface area contributed by atoms with Gasteiger partial charge in [-0.15, -0.1) is 0 Å². The van der Waals surface area contributed by atoms with Gasteiger partial charge in [0.25, 0.3) is 0 Å². The molecule has 3 heterocycles. The van der Waals surface area contributed by atoms with Crippen LogP contribution < -0.4 is 0 Å². The van der Waals surface area contributed by atoms with Gasteiger partial charge in [-0.05, 0) is 74.6 Å². The van der Waals surface area contributed by atoms with Crippen molar-refractivity contribution in [3.05, 3.63) is 83.2 Å². The van der Waals surface area contributed by atoms with Crippen LogP contribution in [0, 0.1) is 12.3 Å². The quantitative estimate of drug-likeness (QED) is 0.291. The van der Waals surface area contributed by atoms with Crippen molar-refractivity contribution in [2.24, 2.45) is 0 Å². The number of allylic oxidation sites excluding steroid dienone is 2. The van der Waals surface area contributed by atoms with E-state index in [1.54, 1.807) is 0 Å². The van der Waals surface area contributed by atoms with Gasteiger partial charge in [0, 0.05) is 22.5 Å². The molecule has 0 saturated carbocycles. The molecule has 4 rings (SSSR count). The van der Waals surface area contributed by atoms with E-state index in [1.165, 1.54) is 0 Å². The van der Waals surface area contributed by atoms with Crippen LogP contribution >= 0.6 is 0 Å². The van der Waals surface area contributed by atoms with E-state index in [0.717, 1.165) is 68.4 Å². The molecule has 172 valence electrons. The van der Waals surface area contributed by atoms with Gasteiger partial charge in [0.05, 0.1) is 22.8 Å². The summed E-state index contributed by atoms with van der Waals surface area (Å²) in [7, 11) is 0. The number of hydrogen-bond acceptors (Lipinski definition) is 4. The van der Waals surface area contributed by atoms with Gasteiger partial charge in [-0.3, -0.25) is 5.10 Å². The first-order valence-electron chi connectivity index (χ1n) is 11.8. The Morgan fingerprint density at radius 2 is 1.44 bits per heavy atom. The summed E-state index contributed by atoms with van der Waals surface area (Å²) in [4.78, 5) is 9.96. The van der Waals surface area contributed by atoms with Gasteiger partial charge in [0.1, 0.15) is 5.69 Å². The molecule has 0 saturated heterocycles. The summed E-state index contributed by atoms with van der Waals surface area (Å²) in [6, 6.07) is 20.4. The SMILES string of the molecule is CCC(=N)/C(C)=C(\C)c1cccc(-c2ccccc2-c2cccc(-c3n[nH]c(CC)c3C)n2)n1. The Kier molecular flexibility index (Phi) is 6.82. The molecule has 4 aromatic rings. The number of rotatable bonds is 7. The fourth-order valence-corrected chi connectivity index (χ4v) is 4.15. The molecule has 2 N–H and O–H groups in total. The third-order valence-corrected chi connectivity index (χ3v) is 6.44. The van der Waals surface area contributed by atoms with E-state index in [-0.39, 0.29) is 0 Å². The Labute approximate surface area is 201 Å². The van der Waals surface area contributed by atoms with E-state index in [4.69, 9.17) is 15.4 Å². The topological polar surface area (TPSA) is 78.3 Å². The Morgan fingerprint density at radius 1 is 0.824 bits per heavy atom. The number of H-pyrrole nitrogens is 1. The molecule has 5 nitrogen and oxygen atoms in total. The van der Waals surface area contributed by atoms with Crippen molar-refractivity contribution >= 4 is 11.3 Å². The van der Waals surface area contributed by atoms with Gasteiger partial charge in [-0.25, -0.2) is 9.97 Å². The molecule has 0 radical (unpaired) electrons. The van der Waals surface area contributed by atoms with Crippen LogP contribution in [0.2, 0.25) is 0 Å². The number of hydrogen-bond donors (Lipinski definition) is 2. The van der Waals surface area contributed by atoms with Gasteiger partial charge in [0.15, 0.2) is 0 Å². The van der Waals surface area contributed by atoms with Crippen LogP contribution in [-0.4, -0.2) is 25.9 Å². The normalized spacial score (nSPS) is 11.9. The number of nitrogens with zero attached hydrogens (tertiary/aromatic N) is 3. The molecule has 0 aliphatic carbocycles. The highest BCUT2D eigenvalue weighted by molar-refractivity contribution is 6.03. The van der Waals surface area contributed by atoms with Gasteiger partial charge in [-0.2, -0.15) is 5.10 Å². The molecule has 34 heavy (non-hydrogen) atoms. The second-order valence-electron chi connectivity index (χ2n) is 8.47. The van der Waals surface area contributed by atoms with Crippen LogP contribution in [0.3, 0.4) is 0 Å². The fourth-order valence-electron chi connectivity index (χ4n) is 4.15. The smallest absolute Gasteiger partial charge is 0.114 e. The van der Waals surface area contributed by atoms with Crippen LogP contribution in [0.5, 0.6) is 0 Å². The average molecular weight is 450 g/mol. The first-order valence-corrected chi connectivity index (χ1v) is 11.8. The second-order valence-corrected chi connectivity index (χ2v) is 8.47. The second kappa shape index (κ2) is 9.96.